The highest BCUT2D eigenvalue weighted by molar-refractivity contribution is 4.53. The normalized spacial score (nSPS) is 12.5. The molecule has 0 aromatic heterocycles. The molecule has 0 aliphatic rings. The third-order valence-electron chi connectivity index (χ3n) is 3.92. The van der Waals surface area contributed by atoms with Gasteiger partial charge < -0.3 is 43.4 Å². The molecular formula is C21H44O9. The number of hydrogen-bond donors (Lipinski definition) is 2. The smallest absolute Gasteiger partial charge is 0.0773 e. The maximum absolute atomic E-state index is 9.71. The number of rotatable bonds is 26. The summed E-state index contributed by atoms with van der Waals surface area (Å²) in [6, 6.07) is 0. The van der Waals surface area contributed by atoms with E-state index in [4.69, 9.17) is 38.3 Å². The van der Waals surface area contributed by atoms with E-state index in [2.05, 4.69) is 6.92 Å². The SMILES string of the molecule is CCCCCC(O)COCCOCCOCCOCCOCCOCCOCCO. The molecule has 0 aliphatic carbocycles. The highest BCUT2D eigenvalue weighted by Crippen LogP contribution is 2.03. The van der Waals surface area contributed by atoms with E-state index < -0.39 is 0 Å². The standard InChI is InChI=1S/C21H44O9/c1-2-3-4-5-21(23)20-30-19-18-29-17-16-28-15-14-27-13-12-26-11-10-25-9-8-24-7-6-22/h21-23H,2-20H2,1H3. The molecule has 0 aliphatic heterocycles. The first-order chi connectivity index (χ1) is 14.8. The number of hydrogen-bond acceptors (Lipinski definition) is 9. The van der Waals surface area contributed by atoms with Crippen LogP contribution in [0.4, 0.5) is 0 Å². The summed E-state index contributed by atoms with van der Waals surface area (Å²) in [6.45, 7) is 8.95. The fourth-order valence-corrected chi connectivity index (χ4v) is 2.32. The third-order valence-corrected chi connectivity index (χ3v) is 3.92. The highest BCUT2D eigenvalue weighted by Gasteiger charge is 2.03. The molecule has 182 valence electrons. The van der Waals surface area contributed by atoms with Crippen molar-refractivity contribution in [2.45, 2.75) is 38.7 Å². The Kier molecular flexibility index (Phi) is 26.4. The summed E-state index contributed by atoms with van der Waals surface area (Å²) in [4.78, 5) is 0. The number of aliphatic hydroxyl groups excluding tert-OH is 2. The zero-order chi connectivity index (χ0) is 22.0. The summed E-state index contributed by atoms with van der Waals surface area (Å²) in [5.74, 6) is 0. The average molecular weight is 441 g/mol. The van der Waals surface area contributed by atoms with Gasteiger partial charge in [-0.25, -0.2) is 0 Å². The molecule has 0 saturated carbocycles. The monoisotopic (exact) mass is 440 g/mol. The molecular weight excluding hydrogens is 396 g/mol. The van der Waals surface area contributed by atoms with E-state index in [1.54, 1.807) is 0 Å². The van der Waals surface area contributed by atoms with Crippen LogP contribution in [0.25, 0.3) is 0 Å². The van der Waals surface area contributed by atoms with E-state index in [-0.39, 0.29) is 12.7 Å². The van der Waals surface area contributed by atoms with Crippen molar-refractivity contribution < 1.29 is 43.4 Å². The topological polar surface area (TPSA) is 105 Å². The van der Waals surface area contributed by atoms with E-state index in [0.717, 1.165) is 25.7 Å². The Labute approximate surface area is 181 Å². The van der Waals surface area contributed by atoms with Crippen LogP contribution in [0.2, 0.25) is 0 Å². The largest absolute Gasteiger partial charge is 0.394 e. The van der Waals surface area contributed by atoms with Crippen molar-refractivity contribution in [3.63, 3.8) is 0 Å². The maximum Gasteiger partial charge on any atom is 0.0773 e. The zero-order valence-corrected chi connectivity index (χ0v) is 18.8. The summed E-state index contributed by atoms with van der Waals surface area (Å²) in [6.07, 6.45) is 3.78. The first-order valence-electron chi connectivity index (χ1n) is 11.1. The lowest BCUT2D eigenvalue weighted by atomic mass is 10.1. The van der Waals surface area contributed by atoms with Gasteiger partial charge in [0.05, 0.1) is 105 Å². The predicted molar refractivity (Wildman–Crippen MR) is 113 cm³/mol. The van der Waals surface area contributed by atoms with Crippen LogP contribution in [-0.4, -0.2) is 115 Å². The van der Waals surface area contributed by atoms with Gasteiger partial charge in [-0.05, 0) is 6.42 Å². The third kappa shape index (κ3) is 25.7. The summed E-state index contributed by atoms with van der Waals surface area (Å²) in [5, 5.41) is 18.2. The Morgan fingerprint density at radius 3 is 1.27 bits per heavy atom. The molecule has 1 atom stereocenters. The molecule has 0 aromatic carbocycles. The minimum atomic E-state index is -0.374. The van der Waals surface area contributed by atoms with Crippen LogP contribution in [0.3, 0.4) is 0 Å². The Morgan fingerprint density at radius 1 is 0.533 bits per heavy atom. The van der Waals surface area contributed by atoms with Crippen LogP contribution < -0.4 is 0 Å². The van der Waals surface area contributed by atoms with Gasteiger partial charge in [0.25, 0.3) is 0 Å². The first-order valence-corrected chi connectivity index (χ1v) is 11.1. The second-order valence-corrected chi connectivity index (χ2v) is 6.62. The quantitative estimate of drug-likeness (QED) is 0.191. The molecule has 0 radical (unpaired) electrons. The first kappa shape index (κ1) is 29.6. The molecule has 9 nitrogen and oxygen atoms in total. The summed E-state index contributed by atoms with van der Waals surface area (Å²) in [5.41, 5.74) is 0. The predicted octanol–water partition coefficient (Wildman–Crippen LogP) is 1.04. The lowest BCUT2D eigenvalue weighted by molar-refractivity contribution is -0.0266. The van der Waals surface area contributed by atoms with Gasteiger partial charge in [-0.2, -0.15) is 0 Å². The second kappa shape index (κ2) is 26.7. The van der Waals surface area contributed by atoms with Crippen molar-refractivity contribution in [2.75, 3.05) is 99.1 Å². The van der Waals surface area contributed by atoms with Gasteiger partial charge in [0, 0.05) is 0 Å². The molecule has 0 bridgehead atoms. The average Bonchev–Trinajstić information content (AvgIpc) is 2.75. The van der Waals surface area contributed by atoms with E-state index in [1.165, 1.54) is 0 Å². The van der Waals surface area contributed by atoms with Crippen molar-refractivity contribution in [1.82, 2.24) is 0 Å². The molecule has 0 aromatic rings. The molecule has 0 heterocycles. The Morgan fingerprint density at radius 2 is 0.900 bits per heavy atom. The van der Waals surface area contributed by atoms with Gasteiger partial charge in [0.15, 0.2) is 0 Å². The second-order valence-electron chi connectivity index (χ2n) is 6.62. The van der Waals surface area contributed by atoms with Gasteiger partial charge in [-0.1, -0.05) is 26.2 Å². The van der Waals surface area contributed by atoms with E-state index >= 15 is 0 Å². The number of ether oxygens (including phenoxy) is 7. The zero-order valence-electron chi connectivity index (χ0n) is 18.8. The molecule has 0 fully saturated rings. The van der Waals surface area contributed by atoms with Crippen LogP contribution in [0, 0.1) is 0 Å². The fourth-order valence-electron chi connectivity index (χ4n) is 2.32. The van der Waals surface area contributed by atoms with Gasteiger partial charge in [-0.3, -0.25) is 0 Å². The summed E-state index contributed by atoms with van der Waals surface area (Å²) < 4.78 is 37.4. The van der Waals surface area contributed by atoms with E-state index in [0.29, 0.717) is 92.5 Å². The Balaban J connectivity index is 3.05. The van der Waals surface area contributed by atoms with Crippen molar-refractivity contribution in [3.05, 3.63) is 0 Å². The van der Waals surface area contributed by atoms with Crippen LogP contribution >= 0.6 is 0 Å². The molecule has 0 amide bonds. The summed E-state index contributed by atoms with van der Waals surface area (Å²) >= 11 is 0. The Bertz CT molecular complexity index is 308. The van der Waals surface area contributed by atoms with Crippen molar-refractivity contribution in [2.24, 2.45) is 0 Å². The lowest BCUT2D eigenvalue weighted by Crippen LogP contribution is -2.18. The molecule has 0 rings (SSSR count). The van der Waals surface area contributed by atoms with Gasteiger partial charge in [-0.15, -0.1) is 0 Å². The van der Waals surface area contributed by atoms with E-state index in [1.807, 2.05) is 0 Å². The Hall–Kier alpha value is -0.360. The number of aliphatic hydroxyl groups is 2. The molecule has 30 heavy (non-hydrogen) atoms. The van der Waals surface area contributed by atoms with Gasteiger partial charge in [0.1, 0.15) is 0 Å². The van der Waals surface area contributed by atoms with Crippen LogP contribution in [0.5, 0.6) is 0 Å². The van der Waals surface area contributed by atoms with Crippen LogP contribution in [0.15, 0.2) is 0 Å². The van der Waals surface area contributed by atoms with Crippen molar-refractivity contribution in [1.29, 1.82) is 0 Å². The fraction of sp³-hybridized carbons (Fsp3) is 1.00. The van der Waals surface area contributed by atoms with Crippen molar-refractivity contribution in [3.8, 4) is 0 Å². The minimum absolute atomic E-state index is 0.0309. The number of unbranched alkanes of at least 4 members (excludes halogenated alkanes) is 2. The molecule has 9 heteroatoms. The van der Waals surface area contributed by atoms with Gasteiger partial charge in [0.2, 0.25) is 0 Å². The maximum atomic E-state index is 9.71. The van der Waals surface area contributed by atoms with E-state index in [9.17, 15) is 5.11 Å². The van der Waals surface area contributed by atoms with Crippen LogP contribution in [-0.2, 0) is 33.2 Å². The minimum Gasteiger partial charge on any atom is -0.394 e. The molecule has 2 N–H and O–H groups in total. The van der Waals surface area contributed by atoms with Gasteiger partial charge >= 0.3 is 0 Å². The van der Waals surface area contributed by atoms with Crippen LogP contribution in [0.1, 0.15) is 32.6 Å². The molecule has 0 saturated heterocycles. The lowest BCUT2D eigenvalue weighted by Gasteiger charge is -2.11. The molecule has 1 unspecified atom stereocenters. The summed E-state index contributed by atoms with van der Waals surface area (Å²) in [7, 11) is 0. The molecule has 0 spiro atoms. The highest BCUT2D eigenvalue weighted by atomic mass is 16.6. The van der Waals surface area contributed by atoms with Crippen molar-refractivity contribution >= 4 is 0 Å².